The fourth-order valence-corrected chi connectivity index (χ4v) is 1.84. The van der Waals surface area contributed by atoms with Crippen molar-refractivity contribution in [3.05, 3.63) is 70.8 Å². The summed E-state index contributed by atoms with van der Waals surface area (Å²) in [7, 11) is 0. The maximum atomic E-state index is 13.4. The molecule has 0 fully saturated rings. The van der Waals surface area contributed by atoms with Gasteiger partial charge in [0, 0.05) is 12.6 Å². The molecule has 0 aromatic heterocycles. The highest BCUT2D eigenvalue weighted by molar-refractivity contribution is 5.94. The third kappa shape index (κ3) is 3.41. The number of hydrogen-bond donors (Lipinski definition) is 1. The van der Waals surface area contributed by atoms with E-state index in [1.807, 2.05) is 24.3 Å². The molecule has 2 rings (SSSR count). The van der Waals surface area contributed by atoms with E-state index in [0.29, 0.717) is 12.6 Å². The number of rotatable bonds is 4. The number of carbonyl (C=O) groups is 1. The van der Waals surface area contributed by atoms with E-state index < -0.39 is 17.5 Å². The highest BCUT2D eigenvalue weighted by Crippen LogP contribution is 2.10. The van der Waals surface area contributed by atoms with Gasteiger partial charge in [0.2, 0.25) is 0 Å². The summed E-state index contributed by atoms with van der Waals surface area (Å²) in [6, 6.07) is 10.7. The molecule has 1 amide bonds. The summed E-state index contributed by atoms with van der Waals surface area (Å²) in [5.74, 6) is -2.11. The van der Waals surface area contributed by atoms with Crippen LogP contribution in [-0.4, -0.2) is 5.91 Å². The lowest BCUT2D eigenvalue weighted by atomic mass is 10.1. The minimum absolute atomic E-state index is 0.156. The van der Waals surface area contributed by atoms with Crippen molar-refractivity contribution in [2.75, 3.05) is 0 Å². The van der Waals surface area contributed by atoms with Crippen molar-refractivity contribution in [1.82, 2.24) is 5.32 Å². The first-order valence-corrected chi connectivity index (χ1v) is 6.41. The van der Waals surface area contributed by atoms with Gasteiger partial charge >= 0.3 is 0 Å². The van der Waals surface area contributed by atoms with Gasteiger partial charge in [-0.25, -0.2) is 8.78 Å². The van der Waals surface area contributed by atoms with Gasteiger partial charge in [-0.15, -0.1) is 0 Å². The normalized spacial score (nSPS) is 10.3. The number of benzene rings is 2. The first-order chi connectivity index (χ1) is 9.60. The summed E-state index contributed by atoms with van der Waals surface area (Å²) in [5.41, 5.74) is 1.99. The third-order valence-corrected chi connectivity index (χ3v) is 3.06. The second-order valence-corrected chi connectivity index (χ2v) is 4.48. The molecule has 0 aliphatic heterocycles. The molecule has 0 saturated carbocycles. The van der Waals surface area contributed by atoms with E-state index >= 15 is 0 Å². The highest BCUT2D eigenvalue weighted by Gasteiger charge is 2.11. The molecule has 20 heavy (non-hydrogen) atoms. The molecule has 0 spiro atoms. The largest absolute Gasteiger partial charge is 0.348 e. The zero-order chi connectivity index (χ0) is 14.5. The minimum atomic E-state index is -0.858. The Bertz CT molecular complexity index is 608. The molecule has 0 bridgehead atoms. The van der Waals surface area contributed by atoms with Crippen LogP contribution >= 0.6 is 0 Å². The summed E-state index contributed by atoms with van der Waals surface area (Å²) in [4.78, 5) is 11.8. The number of halogens is 2. The van der Waals surface area contributed by atoms with Crippen LogP contribution < -0.4 is 5.32 Å². The Morgan fingerprint density at radius 1 is 1.05 bits per heavy atom. The molecule has 2 nitrogen and oxygen atoms in total. The average Bonchev–Trinajstić information content (AvgIpc) is 2.45. The number of amides is 1. The van der Waals surface area contributed by atoms with Crippen LogP contribution in [0.5, 0.6) is 0 Å². The fourth-order valence-electron chi connectivity index (χ4n) is 1.84. The molecule has 0 atom stereocenters. The van der Waals surface area contributed by atoms with Gasteiger partial charge in [0.05, 0.1) is 5.56 Å². The average molecular weight is 275 g/mol. The molecule has 0 unspecified atom stereocenters. The molecule has 2 aromatic carbocycles. The van der Waals surface area contributed by atoms with Gasteiger partial charge in [0.15, 0.2) is 0 Å². The van der Waals surface area contributed by atoms with Gasteiger partial charge < -0.3 is 5.32 Å². The van der Waals surface area contributed by atoms with Gasteiger partial charge in [-0.1, -0.05) is 31.2 Å². The van der Waals surface area contributed by atoms with Crippen LogP contribution in [0.2, 0.25) is 0 Å². The van der Waals surface area contributed by atoms with Gasteiger partial charge in [-0.2, -0.15) is 0 Å². The number of aryl methyl sites for hydroxylation is 1. The van der Waals surface area contributed by atoms with Crippen molar-refractivity contribution in [2.45, 2.75) is 19.9 Å². The zero-order valence-corrected chi connectivity index (χ0v) is 11.1. The fraction of sp³-hybridized carbons (Fsp3) is 0.188. The van der Waals surface area contributed by atoms with Crippen molar-refractivity contribution < 1.29 is 13.6 Å². The predicted octanol–water partition coefficient (Wildman–Crippen LogP) is 3.46. The van der Waals surface area contributed by atoms with E-state index in [2.05, 4.69) is 12.2 Å². The van der Waals surface area contributed by atoms with Gasteiger partial charge in [-0.05, 0) is 29.7 Å². The zero-order valence-electron chi connectivity index (χ0n) is 11.1. The molecule has 0 saturated heterocycles. The van der Waals surface area contributed by atoms with Crippen molar-refractivity contribution in [3.8, 4) is 0 Å². The summed E-state index contributed by atoms with van der Waals surface area (Å²) < 4.78 is 26.2. The lowest BCUT2D eigenvalue weighted by molar-refractivity contribution is 0.0947. The maximum absolute atomic E-state index is 13.4. The Kier molecular flexibility index (Phi) is 4.45. The Labute approximate surface area is 116 Å². The highest BCUT2D eigenvalue weighted by atomic mass is 19.1. The van der Waals surface area contributed by atoms with Crippen molar-refractivity contribution in [2.24, 2.45) is 0 Å². The molecular formula is C16H15F2NO. The molecule has 4 heteroatoms. The number of nitrogens with one attached hydrogen (secondary N) is 1. The van der Waals surface area contributed by atoms with Gasteiger partial charge in [0.1, 0.15) is 11.6 Å². The van der Waals surface area contributed by atoms with Crippen LogP contribution in [-0.2, 0) is 13.0 Å². The van der Waals surface area contributed by atoms with Gasteiger partial charge in [0.25, 0.3) is 5.91 Å². The predicted molar refractivity (Wildman–Crippen MR) is 73.3 cm³/mol. The molecule has 1 N–H and O–H groups in total. The van der Waals surface area contributed by atoms with E-state index in [1.165, 1.54) is 5.56 Å². The van der Waals surface area contributed by atoms with Crippen molar-refractivity contribution in [3.63, 3.8) is 0 Å². The van der Waals surface area contributed by atoms with Crippen molar-refractivity contribution >= 4 is 5.91 Å². The quantitative estimate of drug-likeness (QED) is 0.909. The lowest BCUT2D eigenvalue weighted by Gasteiger charge is -2.07. The molecule has 104 valence electrons. The van der Waals surface area contributed by atoms with Crippen LogP contribution in [0.1, 0.15) is 28.4 Å². The van der Waals surface area contributed by atoms with Crippen LogP contribution in [0, 0.1) is 11.6 Å². The van der Waals surface area contributed by atoms with E-state index in [0.717, 1.165) is 24.1 Å². The maximum Gasteiger partial charge on any atom is 0.254 e. The summed E-state index contributed by atoms with van der Waals surface area (Å²) >= 11 is 0. The third-order valence-electron chi connectivity index (χ3n) is 3.06. The smallest absolute Gasteiger partial charge is 0.254 e. The molecule has 2 aromatic rings. The Hall–Kier alpha value is -2.23. The lowest BCUT2D eigenvalue weighted by Crippen LogP contribution is -2.23. The van der Waals surface area contributed by atoms with E-state index in [9.17, 15) is 13.6 Å². The Morgan fingerprint density at radius 2 is 1.70 bits per heavy atom. The van der Waals surface area contributed by atoms with Crippen LogP contribution in [0.4, 0.5) is 8.78 Å². The summed E-state index contributed by atoms with van der Waals surface area (Å²) in [5, 5.41) is 2.61. The second kappa shape index (κ2) is 6.28. The van der Waals surface area contributed by atoms with Gasteiger partial charge in [-0.3, -0.25) is 4.79 Å². The molecule has 0 aliphatic rings. The topological polar surface area (TPSA) is 29.1 Å². The van der Waals surface area contributed by atoms with Crippen LogP contribution in [0.15, 0.2) is 42.5 Å². The Morgan fingerprint density at radius 3 is 2.30 bits per heavy atom. The number of hydrogen-bond acceptors (Lipinski definition) is 1. The standard InChI is InChI=1S/C16H15F2NO/c1-2-11-3-5-12(6-4-11)10-19-16(20)14-8-7-13(17)9-15(14)18/h3-9H,2,10H2,1H3,(H,19,20). The SMILES string of the molecule is CCc1ccc(CNC(=O)c2ccc(F)cc2F)cc1. The molecule has 0 aliphatic carbocycles. The van der Waals surface area contributed by atoms with Crippen molar-refractivity contribution in [1.29, 1.82) is 0 Å². The minimum Gasteiger partial charge on any atom is -0.348 e. The van der Waals surface area contributed by atoms with E-state index in [4.69, 9.17) is 0 Å². The summed E-state index contributed by atoms with van der Waals surface area (Å²) in [6.45, 7) is 2.37. The van der Waals surface area contributed by atoms with E-state index in [-0.39, 0.29) is 5.56 Å². The first kappa shape index (κ1) is 14.2. The molecular weight excluding hydrogens is 260 g/mol. The molecule has 0 heterocycles. The van der Waals surface area contributed by atoms with Crippen LogP contribution in [0.25, 0.3) is 0 Å². The number of carbonyl (C=O) groups excluding carboxylic acids is 1. The van der Waals surface area contributed by atoms with Crippen LogP contribution in [0.3, 0.4) is 0 Å². The van der Waals surface area contributed by atoms with E-state index in [1.54, 1.807) is 0 Å². The summed E-state index contributed by atoms with van der Waals surface area (Å²) in [6.07, 6.45) is 0.952. The Balaban J connectivity index is 2.00. The monoisotopic (exact) mass is 275 g/mol. The second-order valence-electron chi connectivity index (χ2n) is 4.48. The molecule has 0 radical (unpaired) electrons. The first-order valence-electron chi connectivity index (χ1n) is 6.41.